The van der Waals surface area contributed by atoms with Crippen molar-refractivity contribution in [2.75, 3.05) is 0 Å². The van der Waals surface area contributed by atoms with Gasteiger partial charge >= 0.3 is 0 Å². The normalized spacial score (nSPS) is 12.3. The number of hydrogen-bond acceptors (Lipinski definition) is 3. The van der Waals surface area contributed by atoms with E-state index in [2.05, 4.69) is 88.4 Å². The molecule has 0 bridgehead atoms. The molecule has 1 N–H and O–H groups in total. The van der Waals surface area contributed by atoms with Gasteiger partial charge in [0, 0.05) is 34.7 Å². The molecule has 1 atom stereocenters. The van der Waals surface area contributed by atoms with Crippen molar-refractivity contribution in [3.8, 4) is 11.1 Å². The van der Waals surface area contributed by atoms with E-state index in [4.69, 9.17) is 0 Å². The van der Waals surface area contributed by atoms with Crippen LogP contribution in [0.3, 0.4) is 0 Å². The second-order valence-corrected chi connectivity index (χ2v) is 9.96. The van der Waals surface area contributed by atoms with Gasteiger partial charge in [0.1, 0.15) is 6.33 Å². The maximum absolute atomic E-state index is 13.1. The molecule has 0 aliphatic rings. The minimum absolute atomic E-state index is 0.128. The van der Waals surface area contributed by atoms with E-state index < -0.39 is 0 Å². The predicted molar refractivity (Wildman–Crippen MR) is 149 cm³/mol. The maximum atomic E-state index is 13.1. The molecular formula is C31H33N5O. The van der Waals surface area contributed by atoms with E-state index >= 15 is 0 Å². The number of benzene rings is 3. The second kappa shape index (κ2) is 10.1. The van der Waals surface area contributed by atoms with E-state index in [1.165, 1.54) is 27.9 Å². The fourth-order valence-electron chi connectivity index (χ4n) is 4.69. The van der Waals surface area contributed by atoms with E-state index in [0.717, 1.165) is 17.4 Å². The van der Waals surface area contributed by atoms with Gasteiger partial charge in [0.2, 0.25) is 0 Å². The first-order valence-electron chi connectivity index (χ1n) is 12.8. The molecule has 0 radical (unpaired) electrons. The number of nitrogens with one attached hydrogen (secondary N) is 1. The first-order valence-corrected chi connectivity index (χ1v) is 12.8. The van der Waals surface area contributed by atoms with Gasteiger partial charge in [-0.25, -0.2) is 4.98 Å². The number of carbonyl (C=O) groups is 1. The van der Waals surface area contributed by atoms with E-state index in [9.17, 15) is 4.79 Å². The standard InChI is InChI=1S/C31H33N5O/c1-20(2)36-19-32-30(34-36)22(4)33-31(37)27-15-16-29-28(17-27)21(3)23(5)35(29)18-24-11-13-26(14-12-24)25-9-7-6-8-10-25/h6-17,19-20,22H,18H2,1-5H3,(H,33,37)/t22-/m0/s1. The van der Waals surface area contributed by atoms with Crippen LogP contribution in [0.1, 0.15) is 65.9 Å². The van der Waals surface area contributed by atoms with Crippen molar-refractivity contribution in [3.63, 3.8) is 0 Å². The lowest BCUT2D eigenvalue weighted by Gasteiger charge is -2.12. The summed E-state index contributed by atoms with van der Waals surface area (Å²) < 4.78 is 4.13. The third-order valence-electron chi connectivity index (χ3n) is 7.09. The Balaban J connectivity index is 1.36. The van der Waals surface area contributed by atoms with E-state index in [1.807, 2.05) is 39.0 Å². The molecule has 2 heterocycles. The molecule has 0 fully saturated rings. The summed E-state index contributed by atoms with van der Waals surface area (Å²) >= 11 is 0. The van der Waals surface area contributed by atoms with Crippen molar-refractivity contribution < 1.29 is 4.79 Å². The van der Waals surface area contributed by atoms with Crippen LogP contribution in [0.2, 0.25) is 0 Å². The highest BCUT2D eigenvalue weighted by Gasteiger charge is 2.18. The van der Waals surface area contributed by atoms with Crippen molar-refractivity contribution in [2.24, 2.45) is 0 Å². The Kier molecular flexibility index (Phi) is 6.66. The molecular weight excluding hydrogens is 458 g/mol. The summed E-state index contributed by atoms with van der Waals surface area (Å²) in [6.45, 7) is 11.1. The van der Waals surface area contributed by atoms with Crippen molar-refractivity contribution in [2.45, 2.75) is 53.2 Å². The lowest BCUT2D eigenvalue weighted by Crippen LogP contribution is -2.27. The molecule has 1 amide bonds. The molecule has 0 unspecified atom stereocenters. The van der Waals surface area contributed by atoms with E-state index in [0.29, 0.717) is 11.4 Å². The molecule has 0 saturated carbocycles. The highest BCUT2D eigenvalue weighted by atomic mass is 16.1. The molecule has 5 aromatic rings. The molecule has 188 valence electrons. The van der Waals surface area contributed by atoms with Crippen molar-refractivity contribution in [3.05, 3.63) is 107 Å². The summed E-state index contributed by atoms with van der Waals surface area (Å²) in [7, 11) is 0. The SMILES string of the molecule is Cc1c(C)n(Cc2ccc(-c3ccccc3)cc2)c2ccc(C(=O)N[C@@H](C)c3ncn(C(C)C)n3)cc12. The molecule has 0 spiro atoms. The number of nitrogens with zero attached hydrogens (tertiary/aromatic N) is 4. The number of hydrogen-bond donors (Lipinski definition) is 1. The molecule has 6 nitrogen and oxygen atoms in total. The van der Waals surface area contributed by atoms with Gasteiger partial charge in [-0.1, -0.05) is 54.6 Å². The molecule has 0 aliphatic heterocycles. The Hall–Kier alpha value is -4.19. The van der Waals surface area contributed by atoms with E-state index in [1.54, 1.807) is 11.0 Å². The molecule has 6 heteroatoms. The minimum Gasteiger partial charge on any atom is -0.342 e. The van der Waals surface area contributed by atoms with Crippen molar-refractivity contribution in [1.29, 1.82) is 0 Å². The summed E-state index contributed by atoms with van der Waals surface area (Å²) in [6, 6.07) is 25.1. The Labute approximate surface area is 218 Å². The number of aromatic nitrogens is 4. The van der Waals surface area contributed by atoms with Crippen LogP contribution in [0, 0.1) is 13.8 Å². The number of rotatable bonds is 7. The highest BCUT2D eigenvalue weighted by Crippen LogP contribution is 2.28. The van der Waals surface area contributed by atoms with Gasteiger partial charge in [-0.05, 0) is 75.1 Å². The molecule has 2 aromatic heterocycles. The Bertz CT molecular complexity index is 1540. The predicted octanol–water partition coefficient (Wildman–Crippen LogP) is 6.64. The van der Waals surface area contributed by atoms with Crippen LogP contribution in [0.4, 0.5) is 0 Å². The van der Waals surface area contributed by atoms with Gasteiger partial charge in [-0.3, -0.25) is 9.48 Å². The Morgan fingerprint density at radius 1 is 0.919 bits per heavy atom. The monoisotopic (exact) mass is 491 g/mol. The Morgan fingerprint density at radius 3 is 2.30 bits per heavy atom. The summed E-state index contributed by atoms with van der Waals surface area (Å²) in [4.78, 5) is 17.4. The number of carbonyl (C=O) groups excluding carboxylic acids is 1. The summed E-state index contributed by atoms with van der Waals surface area (Å²) in [5.41, 5.74) is 7.83. The first-order chi connectivity index (χ1) is 17.8. The van der Waals surface area contributed by atoms with Crippen LogP contribution in [0.25, 0.3) is 22.0 Å². The summed E-state index contributed by atoms with van der Waals surface area (Å²) in [5.74, 6) is 0.483. The van der Waals surface area contributed by atoms with Crippen LogP contribution in [0.15, 0.2) is 79.1 Å². The number of fused-ring (bicyclic) bond motifs is 1. The van der Waals surface area contributed by atoms with Gasteiger partial charge in [-0.15, -0.1) is 0 Å². The Morgan fingerprint density at radius 2 is 1.62 bits per heavy atom. The van der Waals surface area contributed by atoms with Crippen LogP contribution in [-0.2, 0) is 6.54 Å². The fraction of sp³-hybridized carbons (Fsp3) is 0.258. The molecule has 5 rings (SSSR count). The summed E-state index contributed by atoms with van der Waals surface area (Å²) in [5, 5.41) is 8.63. The molecule has 0 saturated heterocycles. The van der Waals surface area contributed by atoms with Crippen LogP contribution < -0.4 is 5.32 Å². The lowest BCUT2D eigenvalue weighted by atomic mass is 10.0. The average molecular weight is 492 g/mol. The minimum atomic E-state index is -0.283. The van der Waals surface area contributed by atoms with Crippen molar-refractivity contribution in [1.82, 2.24) is 24.6 Å². The number of aryl methyl sites for hydroxylation is 1. The van der Waals surface area contributed by atoms with Gasteiger partial charge in [-0.2, -0.15) is 5.10 Å². The molecule has 37 heavy (non-hydrogen) atoms. The third-order valence-corrected chi connectivity index (χ3v) is 7.09. The zero-order chi connectivity index (χ0) is 26.1. The van der Waals surface area contributed by atoms with Gasteiger partial charge in [0.15, 0.2) is 5.82 Å². The van der Waals surface area contributed by atoms with Gasteiger partial charge < -0.3 is 9.88 Å². The average Bonchev–Trinajstić information content (AvgIpc) is 3.50. The number of amides is 1. The fourth-order valence-corrected chi connectivity index (χ4v) is 4.69. The maximum Gasteiger partial charge on any atom is 0.251 e. The molecule has 3 aromatic carbocycles. The van der Waals surface area contributed by atoms with Crippen LogP contribution >= 0.6 is 0 Å². The largest absolute Gasteiger partial charge is 0.342 e. The van der Waals surface area contributed by atoms with Crippen LogP contribution in [0.5, 0.6) is 0 Å². The smallest absolute Gasteiger partial charge is 0.251 e. The molecule has 0 aliphatic carbocycles. The van der Waals surface area contributed by atoms with Gasteiger partial charge in [0.25, 0.3) is 5.91 Å². The second-order valence-electron chi connectivity index (χ2n) is 9.96. The lowest BCUT2D eigenvalue weighted by molar-refractivity contribution is 0.0938. The zero-order valence-electron chi connectivity index (χ0n) is 22.1. The third kappa shape index (κ3) is 4.92. The van der Waals surface area contributed by atoms with Crippen LogP contribution in [-0.4, -0.2) is 25.2 Å². The topological polar surface area (TPSA) is 64.7 Å². The zero-order valence-corrected chi connectivity index (χ0v) is 22.1. The quantitative estimate of drug-likeness (QED) is 0.278. The van der Waals surface area contributed by atoms with E-state index in [-0.39, 0.29) is 18.0 Å². The van der Waals surface area contributed by atoms with Crippen molar-refractivity contribution >= 4 is 16.8 Å². The highest BCUT2D eigenvalue weighted by molar-refractivity contribution is 5.99. The van der Waals surface area contributed by atoms with Gasteiger partial charge in [0.05, 0.1) is 6.04 Å². The first kappa shape index (κ1) is 24.5. The summed E-state index contributed by atoms with van der Waals surface area (Å²) in [6.07, 6.45) is 1.71.